The Balaban J connectivity index is 1.64. The van der Waals surface area contributed by atoms with Crippen LogP contribution in [0, 0.1) is 0 Å². The van der Waals surface area contributed by atoms with Crippen LogP contribution in [-0.4, -0.2) is 28.0 Å². The van der Waals surface area contributed by atoms with Crippen molar-refractivity contribution in [3.8, 4) is 5.75 Å². The quantitative estimate of drug-likeness (QED) is 0.743. The van der Waals surface area contributed by atoms with Gasteiger partial charge in [-0.1, -0.05) is 12.5 Å². The Kier molecular flexibility index (Phi) is 5.21. The fraction of sp³-hybridized carbons (Fsp3) is 0.364. The summed E-state index contributed by atoms with van der Waals surface area (Å²) in [5, 5.41) is 1.00. The SMILES string of the molecule is CCOc1ccc2[nH]c(=O)c(CN3CCCC[C@@H]3c3ccccn3)cc2c1. The van der Waals surface area contributed by atoms with Crippen LogP contribution in [-0.2, 0) is 6.54 Å². The molecule has 0 amide bonds. The van der Waals surface area contributed by atoms with E-state index in [1.165, 1.54) is 6.42 Å². The lowest BCUT2D eigenvalue weighted by Crippen LogP contribution is -2.35. The van der Waals surface area contributed by atoms with Crippen LogP contribution in [0.4, 0.5) is 0 Å². The predicted octanol–water partition coefficient (Wildman–Crippen LogP) is 4.05. The fourth-order valence-electron chi connectivity index (χ4n) is 3.91. The second-order valence-electron chi connectivity index (χ2n) is 7.04. The number of fused-ring (bicyclic) bond motifs is 1. The second-order valence-corrected chi connectivity index (χ2v) is 7.04. The van der Waals surface area contributed by atoms with Gasteiger partial charge in [0.05, 0.1) is 18.3 Å². The van der Waals surface area contributed by atoms with Crippen molar-refractivity contribution in [3.63, 3.8) is 0 Å². The van der Waals surface area contributed by atoms with Gasteiger partial charge in [-0.15, -0.1) is 0 Å². The van der Waals surface area contributed by atoms with E-state index in [2.05, 4.69) is 20.9 Å². The van der Waals surface area contributed by atoms with Gasteiger partial charge in [0.25, 0.3) is 5.56 Å². The monoisotopic (exact) mass is 363 g/mol. The van der Waals surface area contributed by atoms with E-state index in [1.54, 1.807) is 0 Å². The molecule has 1 N–H and O–H groups in total. The van der Waals surface area contributed by atoms with E-state index in [0.717, 1.165) is 47.3 Å². The first-order valence-electron chi connectivity index (χ1n) is 9.68. The summed E-state index contributed by atoms with van der Waals surface area (Å²) in [6, 6.07) is 14.1. The van der Waals surface area contributed by atoms with E-state index in [0.29, 0.717) is 13.2 Å². The molecule has 0 unspecified atom stereocenters. The van der Waals surface area contributed by atoms with Crippen molar-refractivity contribution in [1.29, 1.82) is 0 Å². The Morgan fingerprint density at radius 2 is 2.15 bits per heavy atom. The minimum Gasteiger partial charge on any atom is -0.494 e. The van der Waals surface area contributed by atoms with Crippen LogP contribution in [0.1, 0.15) is 43.5 Å². The highest BCUT2D eigenvalue weighted by molar-refractivity contribution is 5.80. The molecule has 1 aliphatic rings. The van der Waals surface area contributed by atoms with Crippen LogP contribution in [0.2, 0.25) is 0 Å². The summed E-state index contributed by atoms with van der Waals surface area (Å²) in [5.41, 5.74) is 2.70. The number of pyridine rings is 2. The third-order valence-corrected chi connectivity index (χ3v) is 5.22. The molecule has 5 heteroatoms. The zero-order valence-electron chi connectivity index (χ0n) is 15.6. The van der Waals surface area contributed by atoms with E-state index in [9.17, 15) is 4.79 Å². The molecule has 27 heavy (non-hydrogen) atoms. The standard InChI is InChI=1S/C22H25N3O2/c1-2-27-18-9-10-19-16(14-18)13-17(22(26)24-19)15-25-12-6-4-8-21(25)20-7-3-5-11-23-20/h3,5,7,9-11,13-14,21H,2,4,6,8,12,15H2,1H3,(H,24,26)/t21-/m1/s1. The van der Waals surface area contributed by atoms with Gasteiger partial charge in [-0.3, -0.25) is 14.7 Å². The molecule has 1 saturated heterocycles. The Bertz CT molecular complexity index is 968. The van der Waals surface area contributed by atoms with Crippen LogP contribution >= 0.6 is 0 Å². The molecule has 3 aromatic rings. The molecule has 4 rings (SSSR count). The van der Waals surface area contributed by atoms with Gasteiger partial charge in [0, 0.05) is 29.2 Å². The molecule has 0 aliphatic carbocycles. The summed E-state index contributed by atoms with van der Waals surface area (Å²) in [6.07, 6.45) is 5.28. The van der Waals surface area contributed by atoms with Crippen LogP contribution in [0.5, 0.6) is 5.75 Å². The van der Waals surface area contributed by atoms with Crippen molar-refractivity contribution in [2.75, 3.05) is 13.2 Å². The van der Waals surface area contributed by atoms with E-state index in [4.69, 9.17) is 4.74 Å². The molecule has 5 nitrogen and oxygen atoms in total. The van der Waals surface area contributed by atoms with Gasteiger partial charge in [-0.2, -0.15) is 0 Å². The lowest BCUT2D eigenvalue weighted by atomic mass is 9.98. The second kappa shape index (κ2) is 7.92. The third kappa shape index (κ3) is 3.88. The maximum absolute atomic E-state index is 12.6. The highest BCUT2D eigenvalue weighted by atomic mass is 16.5. The van der Waals surface area contributed by atoms with Crippen LogP contribution < -0.4 is 10.3 Å². The number of piperidine rings is 1. The van der Waals surface area contributed by atoms with Crippen LogP contribution in [0.3, 0.4) is 0 Å². The highest BCUT2D eigenvalue weighted by Crippen LogP contribution is 2.31. The average molecular weight is 363 g/mol. The van der Waals surface area contributed by atoms with Crippen LogP contribution in [0.25, 0.3) is 10.9 Å². The van der Waals surface area contributed by atoms with Gasteiger partial charge in [0.1, 0.15) is 5.75 Å². The Hall–Kier alpha value is -2.66. The number of likely N-dealkylation sites (tertiary alicyclic amines) is 1. The van der Waals surface area contributed by atoms with E-state index >= 15 is 0 Å². The minimum atomic E-state index is -0.0167. The first-order valence-corrected chi connectivity index (χ1v) is 9.68. The molecule has 2 aromatic heterocycles. The minimum absolute atomic E-state index is 0.0167. The van der Waals surface area contributed by atoms with E-state index in [1.807, 2.05) is 49.5 Å². The number of aromatic amines is 1. The average Bonchev–Trinajstić information content (AvgIpc) is 2.70. The number of hydrogen-bond donors (Lipinski definition) is 1. The van der Waals surface area contributed by atoms with Crippen molar-refractivity contribution in [2.24, 2.45) is 0 Å². The third-order valence-electron chi connectivity index (χ3n) is 5.22. The zero-order chi connectivity index (χ0) is 18.6. The molecule has 3 heterocycles. The Morgan fingerprint density at radius 1 is 1.22 bits per heavy atom. The number of hydrogen-bond acceptors (Lipinski definition) is 4. The van der Waals surface area contributed by atoms with Gasteiger partial charge in [-0.05, 0) is 62.7 Å². The van der Waals surface area contributed by atoms with Gasteiger partial charge >= 0.3 is 0 Å². The molecular weight excluding hydrogens is 338 g/mol. The normalized spacial score (nSPS) is 17.9. The smallest absolute Gasteiger partial charge is 0.252 e. The molecule has 0 radical (unpaired) electrons. The van der Waals surface area contributed by atoms with Crippen molar-refractivity contribution in [3.05, 3.63) is 70.3 Å². The molecule has 140 valence electrons. The van der Waals surface area contributed by atoms with Crippen LogP contribution in [0.15, 0.2) is 53.5 Å². The summed E-state index contributed by atoms with van der Waals surface area (Å²) in [7, 11) is 0. The predicted molar refractivity (Wildman–Crippen MR) is 107 cm³/mol. The summed E-state index contributed by atoms with van der Waals surface area (Å²) >= 11 is 0. The summed E-state index contributed by atoms with van der Waals surface area (Å²) in [6.45, 7) is 4.21. The maximum atomic E-state index is 12.6. The summed E-state index contributed by atoms with van der Waals surface area (Å²) in [5.74, 6) is 0.826. The highest BCUT2D eigenvalue weighted by Gasteiger charge is 2.25. The number of benzene rings is 1. The zero-order valence-corrected chi connectivity index (χ0v) is 15.6. The molecule has 1 fully saturated rings. The first kappa shape index (κ1) is 17.7. The first-order chi connectivity index (χ1) is 13.2. The molecule has 1 aromatic carbocycles. The van der Waals surface area contributed by atoms with Crippen molar-refractivity contribution >= 4 is 10.9 Å². The Morgan fingerprint density at radius 3 is 2.96 bits per heavy atom. The molecule has 1 aliphatic heterocycles. The lowest BCUT2D eigenvalue weighted by Gasteiger charge is -2.35. The number of ether oxygens (including phenoxy) is 1. The fourth-order valence-corrected chi connectivity index (χ4v) is 3.91. The maximum Gasteiger partial charge on any atom is 0.252 e. The summed E-state index contributed by atoms with van der Waals surface area (Å²) < 4.78 is 5.60. The van der Waals surface area contributed by atoms with Crippen molar-refractivity contribution in [1.82, 2.24) is 14.9 Å². The van der Waals surface area contributed by atoms with Gasteiger partial charge in [-0.25, -0.2) is 0 Å². The molecule has 0 bridgehead atoms. The molecular formula is C22H25N3O2. The van der Waals surface area contributed by atoms with E-state index < -0.39 is 0 Å². The van der Waals surface area contributed by atoms with Gasteiger partial charge in [0.2, 0.25) is 0 Å². The largest absolute Gasteiger partial charge is 0.494 e. The number of nitrogens with one attached hydrogen (secondary N) is 1. The molecule has 0 saturated carbocycles. The summed E-state index contributed by atoms with van der Waals surface area (Å²) in [4.78, 5) is 22.6. The van der Waals surface area contributed by atoms with Crippen molar-refractivity contribution < 1.29 is 4.74 Å². The van der Waals surface area contributed by atoms with Crippen molar-refractivity contribution in [2.45, 2.75) is 38.8 Å². The number of aromatic nitrogens is 2. The topological polar surface area (TPSA) is 58.2 Å². The lowest BCUT2D eigenvalue weighted by molar-refractivity contribution is 0.137. The van der Waals surface area contributed by atoms with Gasteiger partial charge < -0.3 is 9.72 Å². The molecule has 1 atom stereocenters. The number of H-pyrrole nitrogens is 1. The number of nitrogens with zero attached hydrogens (tertiary/aromatic N) is 2. The molecule has 0 spiro atoms. The Labute approximate surface area is 159 Å². The number of rotatable bonds is 5. The van der Waals surface area contributed by atoms with Gasteiger partial charge in [0.15, 0.2) is 0 Å². The van der Waals surface area contributed by atoms with E-state index in [-0.39, 0.29) is 11.6 Å².